The maximum Gasteiger partial charge on any atom is 0.225 e. The number of fused-ring (bicyclic) bond motifs is 1. The number of aromatic nitrogens is 3. The average molecular weight is 494 g/mol. The third-order valence-corrected chi connectivity index (χ3v) is 8.02. The Balaban J connectivity index is 1.14. The second-order valence-corrected chi connectivity index (χ2v) is 10.3. The molecule has 0 saturated carbocycles. The summed E-state index contributed by atoms with van der Waals surface area (Å²) in [5, 5.41) is 5.27. The molecule has 0 radical (unpaired) electrons. The van der Waals surface area contributed by atoms with Gasteiger partial charge in [0.25, 0.3) is 0 Å². The van der Waals surface area contributed by atoms with Gasteiger partial charge in [0, 0.05) is 49.4 Å². The van der Waals surface area contributed by atoms with E-state index < -0.39 is 0 Å². The largest absolute Gasteiger partial charge is 0.399 e. The summed E-state index contributed by atoms with van der Waals surface area (Å²) in [5.41, 5.74) is 8.51. The molecule has 2 aromatic heterocycles. The number of benzene rings is 1. The van der Waals surface area contributed by atoms with E-state index in [4.69, 9.17) is 15.6 Å². The molecule has 2 fully saturated rings. The minimum absolute atomic E-state index is 0.0989. The standard InChI is InChI=1S/C25H31N7O2S/c1-34-30-22(23-29-20-4-2-3-5-21(20)35-23)18-8-12-32(13-9-18)24(33)19-6-10-31(11-7-19)16-17-14-27-25(26)28-15-17/h2-5,14-15,18-19H,6-13,16H2,1H3,(H2,26,27,28)/b30-22+. The first-order valence-corrected chi connectivity index (χ1v) is 13.0. The number of hydrogen-bond acceptors (Lipinski definition) is 9. The third kappa shape index (κ3) is 5.43. The molecular weight excluding hydrogens is 462 g/mol. The molecule has 2 aliphatic heterocycles. The molecule has 0 spiro atoms. The number of carbonyl (C=O) groups is 1. The van der Waals surface area contributed by atoms with Gasteiger partial charge in [-0.25, -0.2) is 15.0 Å². The normalized spacial score (nSPS) is 18.8. The van der Waals surface area contributed by atoms with Crippen molar-refractivity contribution >= 4 is 39.1 Å². The van der Waals surface area contributed by atoms with Crippen LogP contribution in [0.5, 0.6) is 0 Å². The number of amides is 1. The molecule has 0 atom stereocenters. The van der Waals surface area contributed by atoms with E-state index in [0.29, 0.717) is 11.9 Å². The van der Waals surface area contributed by atoms with E-state index in [2.05, 4.69) is 26.1 Å². The van der Waals surface area contributed by atoms with Gasteiger partial charge in [0.15, 0.2) is 0 Å². The number of piperidine rings is 2. The summed E-state index contributed by atoms with van der Waals surface area (Å²) in [6, 6.07) is 8.13. The highest BCUT2D eigenvalue weighted by atomic mass is 32.1. The van der Waals surface area contributed by atoms with Crippen LogP contribution < -0.4 is 5.73 Å². The van der Waals surface area contributed by atoms with Crippen molar-refractivity contribution in [1.82, 2.24) is 24.8 Å². The van der Waals surface area contributed by atoms with E-state index >= 15 is 0 Å². The highest BCUT2D eigenvalue weighted by molar-refractivity contribution is 7.20. The summed E-state index contributed by atoms with van der Waals surface area (Å²) < 4.78 is 1.15. The Morgan fingerprint density at radius 2 is 1.77 bits per heavy atom. The Kier molecular flexibility index (Phi) is 7.19. The fraction of sp³-hybridized carbons (Fsp3) is 0.480. The maximum atomic E-state index is 13.3. The molecule has 0 bridgehead atoms. The van der Waals surface area contributed by atoms with Gasteiger partial charge in [-0.1, -0.05) is 17.3 Å². The van der Waals surface area contributed by atoms with E-state index in [9.17, 15) is 4.79 Å². The van der Waals surface area contributed by atoms with Crippen LogP contribution in [-0.4, -0.2) is 69.7 Å². The number of nitrogens with zero attached hydrogens (tertiary/aromatic N) is 6. The molecule has 9 nitrogen and oxygen atoms in total. The summed E-state index contributed by atoms with van der Waals surface area (Å²) in [5.74, 6) is 0.928. The second-order valence-electron chi connectivity index (χ2n) is 9.25. The first-order valence-electron chi connectivity index (χ1n) is 12.1. The van der Waals surface area contributed by atoms with Crippen molar-refractivity contribution in [2.24, 2.45) is 17.0 Å². The van der Waals surface area contributed by atoms with E-state index in [0.717, 1.165) is 84.9 Å². The van der Waals surface area contributed by atoms with E-state index in [1.807, 2.05) is 23.1 Å². The van der Waals surface area contributed by atoms with Crippen LogP contribution in [0, 0.1) is 11.8 Å². The van der Waals surface area contributed by atoms with Crippen LogP contribution in [0.2, 0.25) is 0 Å². The predicted octanol–water partition coefficient (Wildman–Crippen LogP) is 3.17. The van der Waals surface area contributed by atoms with Crippen molar-refractivity contribution in [3.8, 4) is 0 Å². The second kappa shape index (κ2) is 10.7. The monoisotopic (exact) mass is 493 g/mol. The Bertz CT molecular complexity index is 1150. The van der Waals surface area contributed by atoms with Crippen molar-refractivity contribution in [3.05, 3.63) is 47.2 Å². The lowest BCUT2D eigenvalue weighted by Gasteiger charge is -2.37. The summed E-state index contributed by atoms with van der Waals surface area (Å²) in [6.07, 6.45) is 7.07. The highest BCUT2D eigenvalue weighted by Gasteiger charge is 2.33. The fourth-order valence-corrected chi connectivity index (χ4v) is 6.07. The lowest BCUT2D eigenvalue weighted by Crippen LogP contribution is -2.46. The first kappa shape index (κ1) is 23.6. The summed E-state index contributed by atoms with van der Waals surface area (Å²) >= 11 is 1.65. The zero-order valence-corrected chi connectivity index (χ0v) is 20.8. The number of hydrogen-bond donors (Lipinski definition) is 1. The lowest BCUT2D eigenvalue weighted by molar-refractivity contribution is -0.138. The molecule has 5 rings (SSSR count). The van der Waals surface area contributed by atoms with Gasteiger partial charge in [-0.15, -0.1) is 11.3 Å². The van der Waals surface area contributed by atoms with E-state index in [1.54, 1.807) is 30.8 Å². The Morgan fingerprint density at radius 1 is 1.09 bits per heavy atom. The van der Waals surface area contributed by atoms with Crippen LogP contribution in [0.1, 0.15) is 36.3 Å². The quantitative estimate of drug-likeness (QED) is 0.415. The Morgan fingerprint density at radius 3 is 2.46 bits per heavy atom. The smallest absolute Gasteiger partial charge is 0.225 e. The third-order valence-electron chi connectivity index (χ3n) is 6.96. The molecule has 1 amide bonds. The van der Waals surface area contributed by atoms with Gasteiger partial charge in [0.2, 0.25) is 11.9 Å². The molecular formula is C25H31N7O2S. The molecule has 35 heavy (non-hydrogen) atoms. The number of thiazole rings is 1. The van der Waals surface area contributed by atoms with Crippen LogP contribution in [0.4, 0.5) is 5.95 Å². The highest BCUT2D eigenvalue weighted by Crippen LogP contribution is 2.30. The van der Waals surface area contributed by atoms with Crippen LogP contribution >= 0.6 is 11.3 Å². The van der Waals surface area contributed by atoms with Crippen LogP contribution in [0.15, 0.2) is 41.8 Å². The average Bonchev–Trinajstić information content (AvgIpc) is 3.33. The van der Waals surface area contributed by atoms with Crippen molar-refractivity contribution in [3.63, 3.8) is 0 Å². The van der Waals surface area contributed by atoms with Crippen molar-refractivity contribution < 1.29 is 9.63 Å². The maximum absolute atomic E-state index is 13.3. The van der Waals surface area contributed by atoms with Gasteiger partial charge in [0.1, 0.15) is 17.8 Å². The SMILES string of the molecule is CO/N=C(/c1nc2ccccc2s1)C1CCN(C(=O)C2CCN(Cc3cnc(N)nc3)CC2)CC1. The Hall–Kier alpha value is -3.11. The molecule has 10 heteroatoms. The molecule has 0 aliphatic carbocycles. The van der Waals surface area contributed by atoms with Crippen molar-refractivity contribution in [2.45, 2.75) is 32.2 Å². The number of nitrogen functional groups attached to an aromatic ring is 1. The van der Waals surface area contributed by atoms with Gasteiger partial charge in [-0.05, 0) is 50.9 Å². The minimum atomic E-state index is 0.0989. The number of carbonyl (C=O) groups excluding carboxylic acids is 1. The summed E-state index contributed by atoms with van der Waals surface area (Å²) in [7, 11) is 1.58. The number of nitrogens with two attached hydrogens (primary N) is 1. The van der Waals surface area contributed by atoms with E-state index in [1.165, 1.54) is 0 Å². The predicted molar refractivity (Wildman–Crippen MR) is 137 cm³/mol. The van der Waals surface area contributed by atoms with Gasteiger partial charge < -0.3 is 15.5 Å². The number of rotatable bonds is 6. The van der Waals surface area contributed by atoms with Crippen LogP contribution in [-0.2, 0) is 16.2 Å². The van der Waals surface area contributed by atoms with Crippen molar-refractivity contribution in [1.29, 1.82) is 0 Å². The van der Waals surface area contributed by atoms with Gasteiger partial charge in [-0.2, -0.15) is 0 Å². The zero-order valence-electron chi connectivity index (χ0n) is 20.0. The zero-order chi connectivity index (χ0) is 24.2. The molecule has 2 N–H and O–H groups in total. The van der Waals surface area contributed by atoms with Crippen LogP contribution in [0.25, 0.3) is 10.2 Å². The Labute approximate surface area is 209 Å². The van der Waals surface area contributed by atoms with Gasteiger partial charge in [0.05, 0.1) is 10.2 Å². The molecule has 184 valence electrons. The topological polar surface area (TPSA) is 110 Å². The fourth-order valence-electron chi connectivity index (χ4n) is 5.04. The summed E-state index contributed by atoms with van der Waals surface area (Å²) in [6.45, 7) is 4.10. The molecule has 4 heterocycles. The minimum Gasteiger partial charge on any atom is -0.399 e. The van der Waals surface area contributed by atoms with Crippen molar-refractivity contribution in [2.75, 3.05) is 39.0 Å². The molecule has 2 aliphatic rings. The summed E-state index contributed by atoms with van der Waals surface area (Å²) in [4.78, 5) is 35.8. The lowest BCUT2D eigenvalue weighted by atomic mass is 9.89. The van der Waals surface area contributed by atoms with E-state index in [-0.39, 0.29) is 11.8 Å². The molecule has 1 aromatic carbocycles. The molecule has 0 unspecified atom stereocenters. The van der Waals surface area contributed by atoms with Gasteiger partial charge >= 0.3 is 0 Å². The molecule has 2 saturated heterocycles. The van der Waals surface area contributed by atoms with Crippen LogP contribution in [0.3, 0.4) is 0 Å². The number of oxime groups is 1. The number of anilines is 1. The molecule has 3 aromatic rings. The number of likely N-dealkylation sites (tertiary alicyclic amines) is 2. The first-order chi connectivity index (χ1) is 17.1. The van der Waals surface area contributed by atoms with Gasteiger partial charge in [-0.3, -0.25) is 9.69 Å². The number of para-hydroxylation sites is 1.